The van der Waals surface area contributed by atoms with Crippen LogP contribution in [0.5, 0.6) is 0 Å². The lowest BCUT2D eigenvalue weighted by atomic mass is 9.83. The molecule has 0 spiro atoms. The van der Waals surface area contributed by atoms with E-state index in [1.165, 1.54) is 38.5 Å². The normalized spacial score (nSPS) is 32.2. The fraction of sp³-hybridized carbons (Fsp3) is 0.875. The Morgan fingerprint density at radius 1 is 1.29 bits per heavy atom. The molecule has 96 valence electrons. The lowest BCUT2D eigenvalue weighted by molar-refractivity contribution is 0.274. The van der Waals surface area contributed by atoms with Crippen LogP contribution < -0.4 is 5.32 Å². The SMILES string of the molecule is CC#CCCC(CC1CC2CCC1C2)NCC. The molecule has 4 unspecified atom stereocenters. The van der Waals surface area contributed by atoms with E-state index in [9.17, 15) is 0 Å². The van der Waals surface area contributed by atoms with Gasteiger partial charge in [0.1, 0.15) is 0 Å². The Hall–Kier alpha value is -0.480. The fourth-order valence-electron chi connectivity index (χ4n) is 3.99. The van der Waals surface area contributed by atoms with E-state index >= 15 is 0 Å². The van der Waals surface area contributed by atoms with Crippen LogP contribution in [0.15, 0.2) is 0 Å². The van der Waals surface area contributed by atoms with Gasteiger partial charge >= 0.3 is 0 Å². The van der Waals surface area contributed by atoms with Gasteiger partial charge in [-0.1, -0.05) is 13.3 Å². The molecule has 0 heterocycles. The van der Waals surface area contributed by atoms with Gasteiger partial charge in [-0.2, -0.15) is 0 Å². The summed E-state index contributed by atoms with van der Waals surface area (Å²) in [5.41, 5.74) is 0. The van der Waals surface area contributed by atoms with Crippen molar-refractivity contribution in [1.29, 1.82) is 0 Å². The number of nitrogens with one attached hydrogen (secondary N) is 1. The summed E-state index contributed by atoms with van der Waals surface area (Å²) in [7, 11) is 0. The van der Waals surface area contributed by atoms with Crippen LogP contribution in [0.25, 0.3) is 0 Å². The lowest BCUT2D eigenvalue weighted by Crippen LogP contribution is -2.32. The fourth-order valence-corrected chi connectivity index (χ4v) is 3.99. The summed E-state index contributed by atoms with van der Waals surface area (Å²) in [6.07, 6.45) is 9.81. The molecular weight excluding hydrogens is 206 g/mol. The van der Waals surface area contributed by atoms with Crippen LogP contribution in [0.2, 0.25) is 0 Å². The van der Waals surface area contributed by atoms with E-state index in [1.807, 2.05) is 6.92 Å². The Balaban J connectivity index is 1.77. The second-order valence-corrected chi connectivity index (χ2v) is 5.89. The lowest BCUT2D eigenvalue weighted by Gasteiger charge is -2.27. The van der Waals surface area contributed by atoms with E-state index in [0.29, 0.717) is 6.04 Å². The maximum Gasteiger partial charge on any atom is 0.0103 e. The third-order valence-corrected chi connectivity index (χ3v) is 4.76. The molecule has 2 aliphatic carbocycles. The third-order valence-electron chi connectivity index (χ3n) is 4.76. The minimum absolute atomic E-state index is 0.713. The van der Waals surface area contributed by atoms with Gasteiger partial charge in [-0.3, -0.25) is 0 Å². The molecule has 17 heavy (non-hydrogen) atoms. The number of hydrogen-bond acceptors (Lipinski definition) is 1. The molecule has 0 aliphatic heterocycles. The van der Waals surface area contributed by atoms with E-state index in [1.54, 1.807) is 0 Å². The molecule has 1 N–H and O–H groups in total. The standard InChI is InChI=1S/C16H27N/c1-3-5-6-7-16(17-4-2)12-15-11-13-8-9-14(15)10-13/h13-17H,4,6-12H2,1-2H3. The largest absolute Gasteiger partial charge is 0.314 e. The molecule has 0 saturated heterocycles. The maximum absolute atomic E-state index is 3.66. The summed E-state index contributed by atoms with van der Waals surface area (Å²) in [5, 5.41) is 3.66. The quantitative estimate of drug-likeness (QED) is 0.691. The van der Waals surface area contributed by atoms with Gasteiger partial charge in [-0.25, -0.2) is 0 Å². The highest BCUT2D eigenvalue weighted by Gasteiger charge is 2.39. The van der Waals surface area contributed by atoms with E-state index in [4.69, 9.17) is 0 Å². The number of hydrogen-bond donors (Lipinski definition) is 1. The highest BCUT2D eigenvalue weighted by molar-refractivity contribution is 4.96. The molecular formula is C16H27N. The zero-order chi connectivity index (χ0) is 12.1. The molecule has 0 aromatic carbocycles. The van der Waals surface area contributed by atoms with Crippen molar-refractivity contribution in [2.24, 2.45) is 17.8 Å². The predicted octanol–water partition coefficient (Wildman–Crippen LogP) is 3.59. The molecule has 2 fully saturated rings. The first-order chi connectivity index (χ1) is 8.33. The maximum atomic E-state index is 3.66. The second kappa shape index (κ2) is 6.45. The van der Waals surface area contributed by atoms with Crippen LogP contribution in [0.1, 0.15) is 58.8 Å². The van der Waals surface area contributed by atoms with Gasteiger partial charge in [0.2, 0.25) is 0 Å². The van der Waals surface area contributed by atoms with Crippen molar-refractivity contribution in [2.45, 2.75) is 64.8 Å². The van der Waals surface area contributed by atoms with Crippen LogP contribution in [0, 0.1) is 29.6 Å². The highest BCUT2D eigenvalue weighted by Crippen LogP contribution is 2.50. The molecule has 2 rings (SSSR count). The molecule has 0 aromatic rings. The van der Waals surface area contributed by atoms with Crippen molar-refractivity contribution in [3.63, 3.8) is 0 Å². The smallest absolute Gasteiger partial charge is 0.0103 e. The summed E-state index contributed by atoms with van der Waals surface area (Å²) in [6.45, 7) is 5.27. The summed E-state index contributed by atoms with van der Waals surface area (Å²) in [5.74, 6) is 9.39. The van der Waals surface area contributed by atoms with Gasteiger partial charge in [0.05, 0.1) is 0 Å². The summed E-state index contributed by atoms with van der Waals surface area (Å²) in [4.78, 5) is 0. The van der Waals surface area contributed by atoms with Crippen LogP contribution in [-0.2, 0) is 0 Å². The van der Waals surface area contributed by atoms with E-state index in [-0.39, 0.29) is 0 Å². The van der Waals surface area contributed by atoms with Crippen LogP contribution in [0.3, 0.4) is 0 Å². The van der Waals surface area contributed by atoms with Gasteiger partial charge in [-0.05, 0) is 63.3 Å². The zero-order valence-corrected chi connectivity index (χ0v) is 11.5. The molecule has 0 aromatic heterocycles. The van der Waals surface area contributed by atoms with Crippen LogP contribution in [0.4, 0.5) is 0 Å². The van der Waals surface area contributed by atoms with Gasteiger partial charge in [0.25, 0.3) is 0 Å². The van der Waals surface area contributed by atoms with Gasteiger partial charge in [0.15, 0.2) is 0 Å². The van der Waals surface area contributed by atoms with Gasteiger partial charge in [-0.15, -0.1) is 11.8 Å². The predicted molar refractivity (Wildman–Crippen MR) is 73.7 cm³/mol. The second-order valence-electron chi connectivity index (χ2n) is 5.89. The first kappa shape index (κ1) is 13.0. The molecule has 0 amide bonds. The average molecular weight is 233 g/mol. The summed E-state index contributed by atoms with van der Waals surface area (Å²) >= 11 is 0. The Labute approximate surface area is 107 Å². The van der Waals surface area contributed by atoms with Crippen molar-refractivity contribution in [3.05, 3.63) is 0 Å². The topological polar surface area (TPSA) is 12.0 Å². The zero-order valence-electron chi connectivity index (χ0n) is 11.5. The van der Waals surface area contributed by atoms with Crippen molar-refractivity contribution < 1.29 is 0 Å². The Kier molecular flexibility index (Phi) is 4.92. The van der Waals surface area contributed by atoms with E-state index in [0.717, 1.165) is 30.7 Å². The van der Waals surface area contributed by atoms with Gasteiger partial charge in [0, 0.05) is 12.5 Å². The third kappa shape index (κ3) is 3.49. The summed E-state index contributed by atoms with van der Waals surface area (Å²) < 4.78 is 0. The minimum Gasteiger partial charge on any atom is -0.314 e. The Morgan fingerprint density at radius 2 is 2.18 bits per heavy atom. The molecule has 4 atom stereocenters. The summed E-state index contributed by atoms with van der Waals surface area (Å²) in [6, 6.07) is 0.713. The molecule has 2 aliphatic rings. The average Bonchev–Trinajstić information content (AvgIpc) is 2.91. The van der Waals surface area contributed by atoms with Crippen molar-refractivity contribution in [2.75, 3.05) is 6.54 Å². The van der Waals surface area contributed by atoms with Crippen LogP contribution in [-0.4, -0.2) is 12.6 Å². The first-order valence-corrected chi connectivity index (χ1v) is 7.46. The minimum atomic E-state index is 0.713. The van der Waals surface area contributed by atoms with E-state index in [2.05, 4.69) is 24.1 Å². The van der Waals surface area contributed by atoms with E-state index < -0.39 is 0 Å². The monoisotopic (exact) mass is 233 g/mol. The Morgan fingerprint density at radius 3 is 2.76 bits per heavy atom. The molecule has 2 bridgehead atoms. The molecule has 2 saturated carbocycles. The number of rotatable bonds is 6. The number of fused-ring (bicyclic) bond motifs is 2. The van der Waals surface area contributed by atoms with Crippen molar-refractivity contribution in [1.82, 2.24) is 5.32 Å². The molecule has 1 nitrogen and oxygen atoms in total. The van der Waals surface area contributed by atoms with Crippen molar-refractivity contribution in [3.8, 4) is 11.8 Å². The first-order valence-electron chi connectivity index (χ1n) is 7.46. The van der Waals surface area contributed by atoms with Gasteiger partial charge < -0.3 is 5.32 Å². The van der Waals surface area contributed by atoms with Crippen LogP contribution >= 0.6 is 0 Å². The molecule has 1 heteroatoms. The molecule has 0 radical (unpaired) electrons. The Bertz CT molecular complexity index is 286. The van der Waals surface area contributed by atoms with Crippen molar-refractivity contribution >= 4 is 0 Å². The highest BCUT2D eigenvalue weighted by atomic mass is 14.9.